The van der Waals surface area contributed by atoms with Gasteiger partial charge in [0.05, 0.1) is 0 Å². The van der Waals surface area contributed by atoms with Crippen LogP contribution in [0.4, 0.5) is 5.82 Å². The maximum absolute atomic E-state index is 12.2. The largest absolute Gasteiger partial charge is 0.350 e. The highest BCUT2D eigenvalue weighted by Crippen LogP contribution is 2.22. The molecular formula is C16H19N5O2. The molecule has 1 atom stereocenters. The molecule has 0 aromatic carbocycles. The first-order chi connectivity index (χ1) is 11.1. The Morgan fingerprint density at radius 2 is 2.30 bits per heavy atom. The SMILES string of the molecule is Cc1ccc(C(=O)NC[C@H]2CCCN2c2cccnn2)c(=O)[nH]1. The van der Waals surface area contributed by atoms with Crippen molar-refractivity contribution in [1.29, 1.82) is 0 Å². The van der Waals surface area contributed by atoms with E-state index in [1.54, 1.807) is 25.3 Å². The van der Waals surface area contributed by atoms with Crippen molar-refractivity contribution in [2.24, 2.45) is 0 Å². The Labute approximate surface area is 133 Å². The van der Waals surface area contributed by atoms with Crippen LogP contribution in [0.2, 0.25) is 0 Å². The molecule has 1 amide bonds. The molecule has 7 nitrogen and oxygen atoms in total. The molecule has 1 aliphatic heterocycles. The number of rotatable bonds is 4. The second-order valence-corrected chi connectivity index (χ2v) is 5.67. The number of aryl methyl sites for hydroxylation is 1. The molecule has 120 valence electrons. The van der Waals surface area contributed by atoms with Crippen molar-refractivity contribution in [3.8, 4) is 0 Å². The summed E-state index contributed by atoms with van der Waals surface area (Å²) < 4.78 is 0. The van der Waals surface area contributed by atoms with Crippen LogP contribution >= 0.6 is 0 Å². The van der Waals surface area contributed by atoms with E-state index in [0.29, 0.717) is 6.54 Å². The lowest BCUT2D eigenvalue weighted by molar-refractivity contribution is 0.0950. The van der Waals surface area contributed by atoms with Gasteiger partial charge in [0.1, 0.15) is 5.56 Å². The molecule has 3 heterocycles. The molecule has 7 heteroatoms. The highest BCUT2D eigenvalue weighted by atomic mass is 16.2. The third-order valence-corrected chi connectivity index (χ3v) is 4.03. The lowest BCUT2D eigenvalue weighted by Crippen LogP contribution is -2.41. The molecule has 0 saturated carbocycles. The highest BCUT2D eigenvalue weighted by Gasteiger charge is 2.26. The number of aromatic amines is 1. The van der Waals surface area contributed by atoms with Crippen LogP contribution in [0.3, 0.4) is 0 Å². The Bertz CT molecular complexity index is 744. The van der Waals surface area contributed by atoms with Crippen LogP contribution in [-0.4, -0.2) is 40.2 Å². The number of carbonyl (C=O) groups is 1. The van der Waals surface area contributed by atoms with Gasteiger partial charge in [-0.15, -0.1) is 5.10 Å². The maximum Gasteiger partial charge on any atom is 0.260 e. The maximum atomic E-state index is 12.2. The van der Waals surface area contributed by atoms with Gasteiger partial charge in [-0.1, -0.05) is 0 Å². The molecule has 3 rings (SSSR count). The summed E-state index contributed by atoms with van der Waals surface area (Å²) in [5.74, 6) is 0.467. The van der Waals surface area contributed by atoms with Crippen molar-refractivity contribution < 1.29 is 4.79 Å². The quantitative estimate of drug-likeness (QED) is 0.874. The van der Waals surface area contributed by atoms with Crippen LogP contribution in [-0.2, 0) is 0 Å². The normalized spacial score (nSPS) is 17.3. The van der Waals surface area contributed by atoms with Gasteiger partial charge in [0.25, 0.3) is 11.5 Å². The average Bonchev–Trinajstić information content (AvgIpc) is 3.02. The molecule has 1 aliphatic rings. The minimum Gasteiger partial charge on any atom is -0.350 e. The van der Waals surface area contributed by atoms with Crippen LogP contribution < -0.4 is 15.8 Å². The van der Waals surface area contributed by atoms with Gasteiger partial charge in [-0.25, -0.2) is 0 Å². The van der Waals surface area contributed by atoms with Gasteiger partial charge in [0, 0.05) is 31.0 Å². The minimum atomic E-state index is -0.361. The van der Waals surface area contributed by atoms with Crippen LogP contribution in [0.1, 0.15) is 28.9 Å². The van der Waals surface area contributed by atoms with E-state index in [2.05, 4.69) is 25.4 Å². The minimum absolute atomic E-state index is 0.139. The van der Waals surface area contributed by atoms with Crippen LogP contribution in [0.15, 0.2) is 35.3 Å². The molecule has 0 unspecified atom stereocenters. The summed E-state index contributed by atoms with van der Waals surface area (Å²) in [6.45, 7) is 3.15. The number of hydrogen-bond donors (Lipinski definition) is 2. The van der Waals surface area contributed by atoms with E-state index in [1.807, 2.05) is 12.1 Å². The van der Waals surface area contributed by atoms with Gasteiger partial charge in [-0.3, -0.25) is 9.59 Å². The van der Waals surface area contributed by atoms with Crippen LogP contribution in [0.25, 0.3) is 0 Å². The summed E-state index contributed by atoms with van der Waals surface area (Å²) in [7, 11) is 0. The Morgan fingerprint density at radius 1 is 1.43 bits per heavy atom. The fourth-order valence-corrected chi connectivity index (χ4v) is 2.85. The zero-order valence-electron chi connectivity index (χ0n) is 13.0. The fraction of sp³-hybridized carbons (Fsp3) is 0.375. The molecule has 1 fully saturated rings. The highest BCUT2D eigenvalue weighted by molar-refractivity contribution is 5.93. The zero-order chi connectivity index (χ0) is 16.2. The topological polar surface area (TPSA) is 91.0 Å². The van der Waals surface area contributed by atoms with E-state index in [4.69, 9.17) is 0 Å². The van der Waals surface area contributed by atoms with Crippen molar-refractivity contribution in [2.75, 3.05) is 18.0 Å². The first-order valence-electron chi connectivity index (χ1n) is 7.67. The molecule has 2 N–H and O–H groups in total. The summed E-state index contributed by atoms with van der Waals surface area (Å²) >= 11 is 0. The molecule has 0 bridgehead atoms. The first kappa shape index (κ1) is 15.2. The van der Waals surface area contributed by atoms with Crippen molar-refractivity contribution in [2.45, 2.75) is 25.8 Å². The average molecular weight is 313 g/mol. The number of nitrogens with one attached hydrogen (secondary N) is 2. The van der Waals surface area contributed by atoms with E-state index in [-0.39, 0.29) is 23.1 Å². The van der Waals surface area contributed by atoms with Crippen molar-refractivity contribution in [3.63, 3.8) is 0 Å². The number of hydrogen-bond acceptors (Lipinski definition) is 5. The summed E-state index contributed by atoms with van der Waals surface area (Å²) in [4.78, 5) is 28.8. The van der Waals surface area contributed by atoms with Crippen LogP contribution in [0, 0.1) is 6.92 Å². The zero-order valence-corrected chi connectivity index (χ0v) is 13.0. The third kappa shape index (κ3) is 3.39. The van der Waals surface area contributed by atoms with Crippen molar-refractivity contribution in [1.82, 2.24) is 20.5 Å². The summed E-state index contributed by atoms with van der Waals surface area (Å²) in [6.07, 6.45) is 3.66. The van der Waals surface area contributed by atoms with Gasteiger partial charge < -0.3 is 15.2 Å². The van der Waals surface area contributed by atoms with Gasteiger partial charge in [-0.2, -0.15) is 5.10 Å². The molecule has 23 heavy (non-hydrogen) atoms. The lowest BCUT2D eigenvalue weighted by Gasteiger charge is -2.25. The summed E-state index contributed by atoms with van der Waals surface area (Å²) in [5, 5.41) is 10.9. The van der Waals surface area contributed by atoms with Crippen LogP contribution in [0.5, 0.6) is 0 Å². The number of aromatic nitrogens is 3. The lowest BCUT2D eigenvalue weighted by atomic mass is 10.2. The molecule has 2 aromatic heterocycles. The number of nitrogens with zero attached hydrogens (tertiary/aromatic N) is 3. The molecule has 0 spiro atoms. The second-order valence-electron chi connectivity index (χ2n) is 5.67. The predicted octanol–water partition coefficient (Wildman–Crippen LogP) is 0.872. The van der Waals surface area contributed by atoms with Gasteiger partial charge in [0.15, 0.2) is 5.82 Å². The number of pyridine rings is 1. The number of H-pyrrole nitrogens is 1. The number of carbonyl (C=O) groups excluding carboxylic acids is 1. The third-order valence-electron chi connectivity index (χ3n) is 4.03. The van der Waals surface area contributed by atoms with Gasteiger partial charge >= 0.3 is 0 Å². The molecule has 0 radical (unpaired) electrons. The number of anilines is 1. The molecular weight excluding hydrogens is 294 g/mol. The van der Waals surface area contributed by atoms with Crippen molar-refractivity contribution >= 4 is 11.7 Å². The second kappa shape index (κ2) is 6.60. The summed E-state index contributed by atoms with van der Waals surface area (Å²) in [6, 6.07) is 7.20. The molecule has 2 aromatic rings. The number of amides is 1. The standard InChI is InChI=1S/C16H19N5O2/c1-11-6-7-13(16(23)19-11)15(22)17-10-12-4-3-9-21(12)14-5-2-8-18-20-14/h2,5-8,12H,3-4,9-10H2,1H3,(H,17,22)(H,19,23)/t12-/m1/s1. The summed E-state index contributed by atoms with van der Waals surface area (Å²) in [5.41, 5.74) is 0.510. The monoisotopic (exact) mass is 313 g/mol. The Morgan fingerprint density at radius 3 is 3.04 bits per heavy atom. The first-order valence-corrected chi connectivity index (χ1v) is 7.67. The predicted molar refractivity (Wildman–Crippen MR) is 86.5 cm³/mol. The van der Waals surface area contributed by atoms with Gasteiger partial charge in [0.2, 0.25) is 0 Å². The van der Waals surface area contributed by atoms with Crippen molar-refractivity contribution in [3.05, 3.63) is 52.1 Å². The van der Waals surface area contributed by atoms with Gasteiger partial charge in [-0.05, 0) is 44.0 Å². The Kier molecular flexibility index (Phi) is 4.36. The smallest absolute Gasteiger partial charge is 0.260 e. The van der Waals surface area contributed by atoms with E-state index in [0.717, 1.165) is 30.9 Å². The van der Waals surface area contributed by atoms with E-state index in [9.17, 15) is 9.59 Å². The van der Waals surface area contributed by atoms with E-state index >= 15 is 0 Å². The molecule has 1 saturated heterocycles. The van der Waals surface area contributed by atoms with E-state index < -0.39 is 0 Å². The fourth-order valence-electron chi connectivity index (χ4n) is 2.85. The Balaban J connectivity index is 1.65. The molecule has 0 aliphatic carbocycles. The van der Waals surface area contributed by atoms with E-state index in [1.165, 1.54) is 0 Å². The Hall–Kier alpha value is -2.70.